The third kappa shape index (κ3) is 7.22. The number of rotatable bonds is 4. The van der Waals surface area contributed by atoms with Gasteiger partial charge in [-0.3, -0.25) is 0 Å². The van der Waals surface area contributed by atoms with E-state index in [0.717, 1.165) is 12.2 Å². The standard InChI is InChI=1S/C10H10O4.C3H4O2/c1-14-9-6-7(2-4-8(9)11)3-5-10(12)13;1-2-3(4)5/h2-6,11H,1H3,(H,12,13);2H,1H2,(H,4,5). The second kappa shape index (κ2) is 8.35. The lowest BCUT2D eigenvalue weighted by Gasteiger charge is -2.03. The quantitative estimate of drug-likeness (QED) is 0.717. The highest BCUT2D eigenvalue weighted by Gasteiger charge is 2.00. The Morgan fingerprint density at radius 1 is 1.26 bits per heavy atom. The molecule has 0 amide bonds. The first-order chi connectivity index (χ1) is 8.90. The Morgan fingerprint density at radius 3 is 2.26 bits per heavy atom. The molecule has 0 bridgehead atoms. The monoisotopic (exact) mass is 266 g/mol. The number of methoxy groups -OCH3 is 1. The minimum atomic E-state index is -1.02. The van der Waals surface area contributed by atoms with Crippen LogP contribution in [0.15, 0.2) is 36.9 Å². The summed E-state index contributed by atoms with van der Waals surface area (Å²) in [6, 6.07) is 4.59. The van der Waals surface area contributed by atoms with E-state index in [2.05, 4.69) is 6.58 Å². The van der Waals surface area contributed by atoms with Gasteiger partial charge >= 0.3 is 11.9 Å². The summed E-state index contributed by atoms with van der Waals surface area (Å²) in [6.45, 7) is 2.96. The molecule has 0 radical (unpaired) electrons. The van der Waals surface area contributed by atoms with Crippen LogP contribution in [0.1, 0.15) is 5.56 Å². The van der Waals surface area contributed by atoms with Crippen LogP contribution in [0.3, 0.4) is 0 Å². The summed E-state index contributed by atoms with van der Waals surface area (Å²) >= 11 is 0. The Hall–Kier alpha value is -2.76. The van der Waals surface area contributed by atoms with Crippen LogP contribution in [0, 0.1) is 0 Å². The summed E-state index contributed by atoms with van der Waals surface area (Å²) in [7, 11) is 1.43. The molecule has 102 valence electrons. The number of phenolic OH excluding ortho intramolecular Hbond substituents is 1. The van der Waals surface area contributed by atoms with Crippen molar-refractivity contribution in [3.05, 3.63) is 42.5 Å². The molecule has 0 aromatic heterocycles. The van der Waals surface area contributed by atoms with Gasteiger partial charge in [-0.2, -0.15) is 0 Å². The number of carboxylic acid groups (broad SMARTS) is 2. The summed E-state index contributed by atoms with van der Waals surface area (Å²) in [5.41, 5.74) is 0.655. The van der Waals surface area contributed by atoms with Crippen molar-refractivity contribution in [3.63, 3.8) is 0 Å². The smallest absolute Gasteiger partial charge is 0.328 e. The largest absolute Gasteiger partial charge is 0.504 e. The average molecular weight is 266 g/mol. The number of ether oxygens (including phenoxy) is 1. The van der Waals surface area contributed by atoms with Gasteiger partial charge in [-0.1, -0.05) is 12.6 Å². The number of carbonyl (C=O) groups is 2. The summed E-state index contributed by atoms with van der Waals surface area (Å²) < 4.78 is 4.86. The fourth-order valence-electron chi connectivity index (χ4n) is 0.965. The molecule has 0 heterocycles. The molecule has 0 aliphatic carbocycles. The number of benzene rings is 1. The van der Waals surface area contributed by atoms with Crippen LogP contribution in [0.2, 0.25) is 0 Å². The number of hydrogen-bond acceptors (Lipinski definition) is 4. The molecule has 1 aromatic rings. The normalized spacial score (nSPS) is 9.32. The molecule has 1 aromatic carbocycles. The SMILES string of the molecule is C=CC(=O)O.COc1cc(C=CC(=O)O)ccc1O. The molecule has 0 saturated carbocycles. The Balaban J connectivity index is 0.000000555. The van der Waals surface area contributed by atoms with Gasteiger partial charge in [0.1, 0.15) is 0 Å². The van der Waals surface area contributed by atoms with Gasteiger partial charge < -0.3 is 20.1 Å². The number of hydrogen-bond donors (Lipinski definition) is 3. The minimum absolute atomic E-state index is 0.0278. The summed E-state index contributed by atoms with van der Waals surface area (Å²) in [5.74, 6) is -1.65. The first-order valence-electron chi connectivity index (χ1n) is 5.04. The van der Waals surface area contributed by atoms with E-state index in [1.807, 2.05) is 0 Å². The molecule has 0 spiro atoms. The van der Waals surface area contributed by atoms with Crippen LogP contribution in [-0.4, -0.2) is 34.4 Å². The number of phenols is 1. The van der Waals surface area contributed by atoms with E-state index in [0.29, 0.717) is 11.3 Å². The van der Waals surface area contributed by atoms with E-state index < -0.39 is 11.9 Å². The van der Waals surface area contributed by atoms with Crippen molar-refractivity contribution in [2.24, 2.45) is 0 Å². The molecular weight excluding hydrogens is 252 g/mol. The van der Waals surface area contributed by atoms with Crippen molar-refractivity contribution < 1.29 is 29.6 Å². The fraction of sp³-hybridized carbons (Fsp3) is 0.0769. The Labute approximate surface area is 109 Å². The predicted molar refractivity (Wildman–Crippen MR) is 69.2 cm³/mol. The van der Waals surface area contributed by atoms with Gasteiger partial charge in [0.2, 0.25) is 0 Å². The van der Waals surface area contributed by atoms with Gasteiger partial charge in [-0.05, 0) is 23.8 Å². The van der Waals surface area contributed by atoms with Crippen molar-refractivity contribution in [2.75, 3.05) is 7.11 Å². The van der Waals surface area contributed by atoms with E-state index in [9.17, 15) is 14.7 Å². The second-order valence-electron chi connectivity index (χ2n) is 3.15. The maximum absolute atomic E-state index is 10.2. The number of aromatic hydroxyl groups is 1. The van der Waals surface area contributed by atoms with Gasteiger partial charge in [0, 0.05) is 12.2 Å². The Kier molecular flexibility index (Phi) is 7.14. The zero-order valence-corrected chi connectivity index (χ0v) is 10.2. The van der Waals surface area contributed by atoms with Gasteiger partial charge in [0.05, 0.1) is 7.11 Å². The maximum atomic E-state index is 10.2. The molecule has 3 N–H and O–H groups in total. The van der Waals surface area contributed by atoms with E-state index >= 15 is 0 Å². The average Bonchev–Trinajstić information content (AvgIpc) is 2.38. The van der Waals surface area contributed by atoms with Crippen molar-refractivity contribution >= 4 is 18.0 Å². The second-order valence-corrected chi connectivity index (χ2v) is 3.15. The molecule has 6 heteroatoms. The van der Waals surface area contributed by atoms with Crippen molar-refractivity contribution in [1.82, 2.24) is 0 Å². The molecule has 0 fully saturated rings. The van der Waals surface area contributed by atoms with Crippen LogP contribution < -0.4 is 4.74 Å². The van der Waals surface area contributed by atoms with E-state index in [-0.39, 0.29) is 5.75 Å². The van der Waals surface area contributed by atoms with Crippen LogP contribution in [0.4, 0.5) is 0 Å². The zero-order chi connectivity index (χ0) is 14.8. The lowest BCUT2D eigenvalue weighted by atomic mass is 10.2. The topological polar surface area (TPSA) is 104 Å². The molecule has 0 aliphatic rings. The maximum Gasteiger partial charge on any atom is 0.328 e. The van der Waals surface area contributed by atoms with Crippen LogP contribution in [-0.2, 0) is 9.59 Å². The third-order valence-corrected chi connectivity index (χ3v) is 1.80. The molecule has 0 atom stereocenters. The van der Waals surface area contributed by atoms with Gasteiger partial charge in [0.15, 0.2) is 11.5 Å². The highest BCUT2D eigenvalue weighted by atomic mass is 16.5. The molecule has 0 unspecified atom stereocenters. The highest BCUT2D eigenvalue weighted by molar-refractivity contribution is 5.85. The van der Waals surface area contributed by atoms with E-state index in [1.54, 1.807) is 12.1 Å². The molecule has 0 aliphatic heterocycles. The van der Waals surface area contributed by atoms with Crippen molar-refractivity contribution in [1.29, 1.82) is 0 Å². The Bertz CT molecular complexity index is 490. The first kappa shape index (κ1) is 16.2. The van der Waals surface area contributed by atoms with Crippen LogP contribution in [0.25, 0.3) is 6.08 Å². The number of aliphatic carboxylic acids is 2. The molecule has 6 nitrogen and oxygen atoms in total. The summed E-state index contributed by atoms with van der Waals surface area (Å²) in [5, 5.41) is 25.2. The molecule has 0 saturated heterocycles. The van der Waals surface area contributed by atoms with Crippen molar-refractivity contribution in [3.8, 4) is 11.5 Å². The van der Waals surface area contributed by atoms with Gasteiger partial charge in [-0.25, -0.2) is 9.59 Å². The minimum Gasteiger partial charge on any atom is -0.504 e. The predicted octanol–water partition coefficient (Wildman–Crippen LogP) is 1.76. The molecular formula is C13H14O6. The first-order valence-corrected chi connectivity index (χ1v) is 5.04. The van der Waals surface area contributed by atoms with E-state index in [4.69, 9.17) is 14.9 Å². The lowest BCUT2D eigenvalue weighted by molar-refractivity contribution is -0.132. The van der Waals surface area contributed by atoms with Gasteiger partial charge in [0.25, 0.3) is 0 Å². The Morgan fingerprint density at radius 2 is 1.84 bits per heavy atom. The summed E-state index contributed by atoms with van der Waals surface area (Å²) in [6.07, 6.45) is 3.27. The molecule has 19 heavy (non-hydrogen) atoms. The number of carboxylic acids is 2. The summed E-state index contributed by atoms with van der Waals surface area (Å²) in [4.78, 5) is 19.5. The van der Waals surface area contributed by atoms with E-state index in [1.165, 1.54) is 19.3 Å². The fourth-order valence-corrected chi connectivity index (χ4v) is 0.965. The lowest BCUT2D eigenvalue weighted by Crippen LogP contribution is -1.87. The van der Waals surface area contributed by atoms with Crippen molar-refractivity contribution in [2.45, 2.75) is 0 Å². The zero-order valence-electron chi connectivity index (χ0n) is 10.2. The van der Waals surface area contributed by atoms with Gasteiger partial charge in [-0.15, -0.1) is 0 Å². The van der Waals surface area contributed by atoms with Crippen LogP contribution in [0.5, 0.6) is 11.5 Å². The highest BCUT2D eigenvalue weighted by Crippen LogP contribution is 2.26. The molecule has 1 rings (SSSR count). The van der Waals surface area contributed by atoms with Crippen LogP contribution >= 0.6 is 0 Å². The third-order valence-electron chi connectivity index (χ3n) is 1.80.